The van der Waals surface area contributed by atoms with Gasteiger partial charge in [-0.1, -0.05) is 0 Å². The van der Waals surface area contributed by atoms with Crippen LogP contribution >= 0.6 is 0 Å². The van der Waals surface area contributed by atoms with Crippen LogP contribution in [-0.2, 0) is 4.79 Å². The monoisotopic (exact) mass is 360 g/mol. The highest BCUT2D eigenvalue weighted by Gasteiger charge is 2.18. The predicted octanol–water partition coefficient (Wildman–Crippen LogP) is 0.604. The van der Waals surface area contributed by atoms with Crippen molar-refractivity contribution in [1.29, 1.82) is 0 Å². The van der Waals surface area contributed by atoms with Gasteiger partial charge in [-0.25, -0.2) is 10.8 Å². The first-order valence-corrected chi connectivity index (χ1v) is 7.55. The van der Waals surface area contributed by atoms with E-state index in [1.807, 2.05) is 0 Å². The third-order valence-corrected chi connectivity index (χ3v) is 3.52. The van der Waals surface area contributed by atoms with Gasteiger partial charge in [0.1, 0.15) is 35.2 Å². The molecule has 138 valence electrons. The number of hydrogen-bond donors (Lipinski definition) is 3. The highest BCUT2D eigenvalue weighted by atomic mass is 16.5. The van der Waals surface area contributed by atoms with Crippen LogP contribution in [0, 0.1) is 0 Å². The van der Waals surface area contributed by atoms with Crippen LogP contribution in [0.5, 0.6) is 11.5 Å². The number of carbonyl (C=O) groups excluding carboxylic acids is 2. The van der Waals surface area contributed by atoms with Gasteiger partial charge >= 0.3 is 0 Å². The lowest BCUT2D eigenvalue weighted by atomic mass is 10.2. The van der Waals surface area contributed by atoms with Crippen LogP contribution in [0.4, 0.5) is 17.5 Å². The highest BCUT2D eigenvalue weighted by Crippen LogP contribution is 2.29. The molecule has 0 saturated carbocycles. The number of nitrogens with zero attached hydrogens (tertiary/aromatic N) is 3. The second kappa shape index (κ2) is 8.12. The standard InChI is InChI=1S/C16H20N6O4/c1-9(8-23)22(18)16-19-7-13(14(17)24)15(21-16)20-10-4-11(25-2)6-12(5-10)26-3/h4-9H,18H2,1-3H3,(H2,17,24)(H,19,20,21)/t9-/m1/s1. The van der Waals surface area contributed by atoms with Gasteiger partial charge in [0, 0.05) is 30.1 Å². The van der Waals surface area contributed by atoms with E-state index < -0.39 is 11.9 Å². The van der Waals surface area contributed by atoms with Gasteiger partial charge in [-0.2, -0.15) is 4.98 Å². The Morgan fingerprint density at radius 2 is 1.88 bits per heavy atom. The molecule has 0 fully saturated rings. The molecule has 1 amide bonds. The van der Waals surface area contributed by atoms with Gasteiger partial charge in [-0.05, 0) is 6.92 Å². The fourth-order valence-electron chi connectivity index (χ4n) is 2.04. The first-order chi connectivity index (χ1) is 12.4. The summed E-state index contributed by atoms with van der Waals surface area (Å²) in [7, 11) is 3.03. The van der Waals surface area contributed by atoms with Gasteiger partial charge < -0.3 is 25.3 Å². The lowest BCUT2D eigenvalue weighted by molar-refractivity contribution is -0.108. The molecule has 10 heteroatoms. The third kappa shape index (κ3) is 4.16. The van der Waals surface area contributed by atoms with Crippen LogP contribution in [-0.4, -0.2) is 42.4 Å². The number of aromatic nitrogens is 2. The van der Waals surface area contributed by atoms with E-state index in [1.54, 1.807) is 25.1 Å². The number of ether oxygens (including phenoxy) is 2. The number of methoxy groups -OCH3 is 2. The Hall–Kier alpha value is -3.40. The summed E-state index contributed by atoms with van der Waals surface area (Å²) in [6.07, 6.45) is 1.88. The minimum atomic E-state index is -0.721. The molecule has 0 bridgehead atoms. The molecule has 5 N–H and O–H groups in total. The number of hydrogen-bond acceptors (Lipinski definition) is 9. The topological polar surface area (TPSA) is 146 Å². The quantitative estimate of drug-likeness (QED) is 0.350. The summed E-state index contributed by atoms with van der Waals surface area (Å²) in [5.41, 5.74) is 5.98. The zero-order valence-corrected chi connectivity index (χ0v) is 14.6. The predicted molar refractivity (Wildman–Crippen MR) is 95.6 cm³/mol. The molecule has 0 aliphatic carbocycles. The normalized spacial score (nSPS) is 11.4. The van der Waals surface area contributed by atoms with Crippen LogP contribution in [0.1, 0.15) is 17.3 Å². The molecule has 1 atom stereocenters. The van der Waals surface area contributed by atoms with Crippen LogP contribution in [0.3, 0.4) is 0 Å². The first-order valence-electron chi connectivity index (χ1n) is 7.55. The third-order valence-electron chi connectivity index (χ3n) is 3.52. The number of aldehydes is 1. The number of anilines is 3. The van der Waals surface area contributed by atoms with Crippen molar-refractivity contribution in [3.8, 4) is 11.5 Å². The second-order valence-corrected chi connectivity index (χ2v) is 5.31. The van der Waals surface area contributed by atoms with Gasteiger partial charge in [0.15, 0.2) is 0 Å². The lowest BCUT2D eigenvalue weighted by Gasteiger charge is -2.20. The summed E-state index contributed by atoms with van der Waals surface area (Å²) in [5.74, 6) is 6.36. The van der Waals surface area contributed by atoms with Gasteiger partial charge in [-0.15, -0.1) is 0 Å². The molecule has 10 nitrogen and oxygen atoms in total. The van der Waals surface area contributed by atoms with Crippen LogP contribution < -0.4 is 31.4 Å². The van der Waals surface area contributed by atoms with E-state index in [9.17, 15) is 9.59 Å². The number of nitrogens with two attached hydrogens (primary N) is 2. The Kier molecular flexibility index (Phi) is 5.91. The fraction of sp³-hybridized carbons (Fsp3) is 0.250. The second-order valence-electron chi connectivity index (χ2n) is 5.31. The van der Waals surface area contributed by atoms with Gasteiger partial charge in [-0.3, -0.25) is 9.80 Å². The fourth-order valence-corrected chi connectivity index (χ4v) is 2.04. The summed E-state index contributed by atoms with van der Waals surface area (Å²) < 4.78 is 10.4. The van der Waals surface area contributed by atoms with Crippen LogP contribution in [0.2, 0.25) is 0 Å². The van der Waals surface area contributed by atoms with Crippen molar-refractivity contribution < 1.29 is 19.1 Å². The van der Waals surface area contributed by atoms with E-state index in [2.05, 4.69) is 15.3 Å². The van der Waals surface area contributed by atoms with Crippen LogP contribution in [0.25, 0.3) is 0 Å². The van der Waals surface area contributed by atoms with E-state index in [4.69, 9.17) is 21.1 Å². The van der Waals surface area contributed by atoms with Crippen molar-refractivity contribution in [1.82, 2.24) is 9.97 Å². The lowest BCUT2D eigenvalue weighted by Crippen LogP contribution is -2.41. The molecule has 2 rings (SSSR count). The van der Waals surface area contributed by atoms with E-state index in [1.165, 1.54) is 20.4 Å². The van der Waals surface area contributed by atoms with Crippen molar-refractivity contribution in [3.63, 3.8) is 0 Å². The molecule has 0 radical (unpaired) electrons. The average Bonchev–Trinajstić information content (AvgIpc) is 2.65. The van der Waals surface area contributed by atoms with Crippen molar-refractivity contribution >= 4 is 29.6 Å². The summed E-state index contributed by atoms with van der Waals surface area (Å²) in [5, 5.41) is 4.05. The Bertz CT molecular complexity index is 791. The smallest absolute Gasteiger partial charge is 0.254 e. The molecular formula is C16H20N6O4. The van der Waals surface area contributed by atoms with Crippen molar-refractivity contribution in [2.45, 2.75) is 13.0 Å². The number of amides is 1. The molecule has 1 aromatic heterocycles. The number of benzene rings is 1. The summed E-state index contributed by atoms with van der Waals surface area (Å²) in [6, 6.07) is 4.41. The highest BCUT2D eigenvalue weighted by molar-refractivity contribution is 5.98. The zero-order valence-electron chi connectivity index (χ0n) is 14.6. The van der Waals surface area contributed by atoms with E-state index in [0.29, 0.717) is 23.5 Å². The molecule has 0 spiro atoms. The number of primary amides is 1. The number of nitrogens with one attached hydrogen (secondary N) is 1. The van der Waals surface area contributed by atoms with Crippen molar-refractivity contribution in [2.24, 2.45) is 11.6 Å². The summed E-state index contributed by atoms with van der Waals surface area (Å²) in [6.45, 7) is 1.58. The molecule has 1 heterocycles. The SMILES string of the molecule is COc1cc(Nc2nc(N(N)[C@H](C)C=O)ncc2C(N)=O)cc(OC)c1. The zero-order chi connectivity index (χ0) is 19.3. The van der Waals surface area contributed by atoms with Crippen molar-refractivity contribution in [3.05, 3.63) is 30.0 Å². The molecule has 26 heavy (non-hydrogen) atoms. The molecule has 0 aliphatic rings. The Morgan fingerprint density at radius 3 is 2.38 bits per heavy atom. The van der Waals surface area contributed by atoms with E-state index in [-0.39, 0.29) is 17.3 Å². The maximum absolute atomic E-state index is 11.7. The molecular weight excluding hydrogens is 340 g/mol. The Morgan fingerprint density at radius 1 is 1.27 bits per heavy atom. The molecule has 0 aliphatic heterocycles. The molecule has 2 aromatic rings. The van der Waals surface area contributed by atoms with E-state index >= 15 is 0 Å². The van der Waals surface area contributed by atoms with Gasteiger partial charge in [0.05, 0.1) is 14.2 Å². The van der Waals surface area contributed by atoms with Crippen LogP contribution in [0.15, 0.2) is 24.4 Å². The maximum atomic E-state index is 11.7. The summed E-state index contributed by atoms with van der Waals surface area (Å²) >= 11 is 0. The number of rotatable bonds is 8. The largest absolute Gasteiger partial charge is 0.497 e. The molecule has 1 aromatic carbocycles. The minimum absolute atomic E-state index is 0.0481. The minimum Gasteiger partial charge on any atom is -0.497 e. The number of carbonyl (C=O) groups is 2. The average molecular weight is 360 g/mol. The maximum Gasteiger partial charge on any atom is 0.254 e. The molecule has 0 saturated heterocycles. The van der Waals surface area contributed by atoms with E-state index in [0.717, 1.165) is 5.01 Å². The van der Waals surface area contributed by atoms with Crippen molar-refractivity contribution in [2.75, 3.05) is 24.5 Å². The molecule has 0 unspecified atom stereocenters. The summed E-state index contributed by atoms with van der Waals surface area (Å²) in [4.78, 5) is 30.8. The number of hydrazine groups is 1. The van der Waals surface area contributed by atoms with Gasteiger partial charge in [0.25, 0.3) is 5.91 Å². The van der Waals surface area contributed by atoms with Gasteiger partial charge in [0.2, 0.25) is 5.95 Å². The first kappa shape index (κ1) is 18.9. The Balaban J connectivity index is 2.46. The Labute approximate surface area is 150 Å².